The molecule has 0 saturated heterocycles. The maximum absolute atomic E-state index is 11.4. The Morgan fingerprint density at radius 3 is 2.37 bits per heavy atom. The number of ether oxygens (including phenoxy) is 2. The number of carbonyl (C=O) groups is 3. The van der Waals surface area contributed by atoms with Crippen molar-refractivity contribution in [2.75, 3.05) is 6.61 Å². The molecule has 0 amide bonds. The Balaban J connectivity index is 3.82. The fourth-order valence-electron chi connectivity index (χ4n) is 1.05. The minimum absolute atomic E-state index is 0.154. The summed E-state index contributed by atoms with van der Waals surface area (Å²) >= 11 is 0. The summed E-state index contributed by atoms with van der Waals surface area (Å²) < 4.78 is 9.65. The Bertz CT molecular complexity index is 379. The molecule has 0 aliphatic heterocycles. The summed E-state index contributed by atoms with van der Waals surface area (Å²) in [5.74, 6) is -1.23. The third kappa shape index (κ3) is 9.76. The fraction of sp³-hybridized carbons (Fsp3) is 0.500. The lowest BCUT2D eigenvalue weighted by molar-refractivity contribution is -0.141. The molecule has 0 aromatic rings. The largest absolute Gasteiger partial charge is 0.462 e. The topological polar surface area (TPSA) is 69.7 Å². The highest BCUT2D eigenvalue weighted by atomic mass is 16.5. The zero-order valence-electron chi connectivity index (χ0n) is 11.6. The molecular weight excluding hydrogens is 248 g/mol. The molecule has 0 aromatic carbocycles. The van der Waals surface area contributed by atoms with Crippen molar-refractivity contribution in [1.82, 2.24) is 0 Å². The summed E-state index contributed by atoms with van der Waals surface area (Å²) in [6.45, 7) is 8.60. The third-order valence-electron chi connectivity index (χ3n) is 1.91. The monoisotopic (exact) mass is 268 g/mol. The van der Waals surface area contributed by atoms with E-state index in [2.05, 4.69) is 6.58 Å². The first kappa shape index (κ1) is 17.1. The van der Waals surface area contributed by atoms with Crippen LogP contribution >= 0.6 is 0 Å². The number of allylic oxidation sites excluding steroid dienone is 1. The molecule has 0 saturated carbocycles. The number of esters is 2. The van der Waals surface area contributed by atoms with Crippen molar-refractivity contribution in [3.05, 3.63) is 24.3 Å². The van der Waals surface area contributed by atoms with E-state index >= 15 is 0 Å². The van der Waals surface area contributed by atoms with Gasteiger partial charge in [0.05, 0.1) is 12.7 Å². The lowest BCUT2D eigenvalue weighted by Crippen LogP contribution is -2.09. The van der Waals surface area contributed by atoms with E-state index in [4.69, 9.17) is 9.47 Å². The van der Waals surface area contributed by atoms with Crippen LogP contribution in [0, 0.1) is 0 Å². The lowest BCUT2D eigenvalue weighted by Gasteiger charge is -2.04. The van der Waals surface area contributed by atoms with Crippen molar-refractivity contribution < 1.29 is 23.9 Å². The number of rotatable bonds is 8. The van der Waals surface area contributed by atoms with Crippen LogP contribution in [-0.4, -0.2) is 30.4 Å². The molecule has 5 heteroatoms. The van der Waals surface area contributed by atoms with Crippen LogP contribution in [0.5, 0.6) is 0 Å². The van der Waals surface area contributed by atoms with Crippen molar-refractivity contribution in [3.63, 3.8) is 0 Å². The molecule has 0 radical (unpaired) electrons. The predicted octanol–water partition coefficient (Wildman–Crippen LogP) is 1.96. The summed E-state index contributed by atoms with van der Waals surface area (Å²) in [6, 6.07) is 0. The average molecular weight is 268 g/mol. The molecule has 0 N–H and O–H groups in total. The number of carbonyl (C=O) groups excluding carboxylic acids is 3. The van der Waals surface area contributed by atoms with E-state index in [9.17, 15) is 14.4 Å². The SMILES string of the molecule is C=C(C)C(=O)OCCCC(=O)/C=C/C(=O)OC(C)C. The van der Waals surface area contributed by atoms with Gasteiger partial charge in [-0.05, 0) is 33.3 Å². The first-order chi connectivity index (χ1) is 8.82. The van der Waals surface area contributed by atoms with Crippen LogP contribution in [0.4, 0.5) is 0 Å². The Hall–Kier alpha value is -1.91. The van der Waals surface area contributed by atoms with Crippen LogP contribution < -0.4 is 0 Å². The summed E-state index contributed by atoms with van der Waals surface area (Å²) in [6.07, 6.45) is 2.66. The van der Waals surface area contributed by atoms with Crippen molar-refractivity contribution in [1.29, 1.82) is 0 Å². The van der Waals surface area contributed by atoms with E-state index < -0.39 is 11.9 Å². The number of hydrogen-bond donors (Lipinski definition) is 0. The second-order valence-electron chi connectivity index (χ2n) is 4.31. The zero-order valence-corrected chi connectivity index (χ0v) is 11.6. The van der Waals surface area contributed by atoms with E-state index in [0.717, 1.165) is 6.08 Å². The van der Waals surface area contributed by atoms with Gasteiger partial charge in [-0.3, -0.25) is 4.79 Å². The van der Waals surface area contributed by atoms with Crippen LogP contribution in [0.15, 0.2) is 24.3 Å². The van der Waals surface area contributed by atoms with E-state index in [1.165, 1.54) is 6.08 Å². The zero-order chi connectivity index (χ0) is 14.8. The normalized spacial score (nSPS) is 10.5. The highest BCUT2D eigenvalue weighted by Crippen LogP contribution is 1.98. The number of ketones is 1. The van der Waals surface area contributed by atoms with Crippen LogP contribution in [0.2, 0.25) is 0 Å². The van der Waals surface area contributed by atoms with Crippen LogP contribution in [0.3, 0.4) is 0 Å². The van der Waals surface area contributed by atoms with Crippen LogP contribution in [-0.2, 0) is 23.9 Å². The van der Waals surface area contributed by atoms with Crippen molar-refractivity contribution in [3.8, 4) is 0 Å². The van der Waals surface area contributed by atoms with Gasteiger partial charge in [-0.1, -0.05) is 6.58 Å². The number of hydrogen-bond acceptors (Lipinski definition) is 5. The highest BCUT2D eigenvalue weighted by molar-refractivity contribution is 5.95. The van der Waals surface area contributed by atoms with Gasteiger partial charge in [0.25, 0.3) is 0 Å². The molecule has 5 nitrogen and oxygen atoms in total. The molecule has 0 aromatic heterocycles. The smallest absolute Gasteiger partial charge is 0.333 e. The average Bonchev–Trinajstić information content (AvgIpc) is 2.30. The standard InChI is InChI=1S/C14H20O5/c1-10(2)14(17)18-9-5-6-12(15)7-8-13(16)19-11(3)4/h7-8,11H,1,5-6,9H2,2-4H3/b8-7+. The van der Waals surface area contributed by atoms with Crippen LogP contribution in [0.1, 0.15) is 33.6 Å². The molecule has 0 bridgehead atoms. The third-order valence-corrected chi connectivity index (χ3v) is 1.91. The van der Waals surface area contributed by atoms with E-state index in [-0.39, 0.29) is 24.9 Å². The minimum atomic E-state index is -0.544. The van der Waals surface area contributed by atoms with Crippen LogP contribution in [0.25, 0.3) is 0 Å². The van der Waals surface area contributed by atoms with Gasteiger partial charge in [0.1, 0.15) is 0 Å². The summed E-state index contributed by atoms with van der Waals surface area (Å²) in [5.41, 5.74) is 0.322. The summed E-state index contributed by atoms with van der Waals surface area (Å²) in [4.78, 5) is 33.5. The maximum atomic E-state index is 11.4. The lowest BCUT2D eigenvalue weighted by atomic mass is 10.2. The molecule has 106 valence electrons. The molecule has 0 spiro atoms. The van der Waals surface area contributed by atoms with E-state index in [1.807, 2.05) is 0 Å². The first-order valence-corrected chi connectivity index (χ1v) is 6.07. The van der Waals surface area contributed by atoms with Gasteiger partial charge in [-0.15, -0.1) is 0 Å². The fourth-order valence-corrected chi connectivity index (χ4v) is 1.05. The Kier molecular flexibility index (Phi) is 8.17. The molecule has 0 aliphatic carbocycles. The molecule has 0 fully saturated rings. The predicted molar refractivity (Wildman–Crippen MR) is 70.4 cm³/mol. The van der Waals surface area contributed by atoms with Gasteiger partial charge < -0.3 is 9.47 Å². The van der Waals surface area contributed by atoms with Crippen molar-refractivity contribution >= 4 is 17.7 Å². The molecule has 19 heavy (non-hydrogen) atoms. The Morgan fingerprint density at radius 1 is 1.21 bits per heavy atom. The Labute approximate surface area is 113 Å². The van der Waals surface area contributed by atoms with Crippen molar-refractivity contribution in [2.24, 2.45) is 0 Å². The maximum Gasteiger partial charge on any atom is 0.333 e. The van der Waals surface area contributed by atoms with Gasteiger partial charge in [0.2, 0.25) is 0 Å². The van der Waals surface area contributed by atoms with Gasteiger partial charge in [0.15, 0.2) is 5.78 Å². The van der Waals surface area contributed by atoms with Gasteiger partial charge in [0, 0.05) is 18.1 Å². The molecule has 0 unspecified atom stereocenters. The van der Waals surface area contributed by atoms with Crippen molar-refractivity contribution in [2.45, 2.75) is 39.7 Å². The highest BCUT2D eigenvalue weighted by Gasteiger charge is 2.05. The van der Waals surface area contributed by atoms with Gasteiger partial charge >= 0.3 is 11.9 Å². The first-order valence-electron chi connectivity index (χ1n) is 6.07. The quantitative estimate of drug-likeness (QED) is 0.382. The van der Waals surface area contributed by atoms with E-state index in [1.54, 1.807) is 20.8 Å². The molecule has 0 aliphatic rings. The molecule has 0 atom stereocenters. The summed E-state index contributed by atoms with van der Waals surface area (Å²) in [7, 11) is 0. The van der Waals surface area contributed by atoms with Gasteiger partial charge in [-0.2, -0.15) is 0 Å². The second-order valence-corrected chi connectivity index (χ2v) is 4.31. The minimum Gasteiger partial charge on any atom is -0.462 e. The second kappa shape index (κ2) is 9.08. The molecule has 0 rings (SSSR count). The molecular formula is C14H20O5. The molecule has 0 heterocycles. The van der Waals surface area contributed by atoms with Gasteiger partial charge in [-0.25, -0.2) is 9.59 Å². The summed E-state index contributed by atoms with van der Waals surface area (Å²) in [5, 5.41) is 0. The Morgan fingerprint density at radius 2 is 1.84 bits per heavy atom. The van der Waals surface area contributed by atoms with E-state index in [0.29, 0.717) is 12.0 Å².